The number of hydrogen-bond donors (Lipinski definition) is 0. The van der Waals surface area contributed by atoms with Crippen LogP contribution in [0.5, 0.6) is 0 Å². The molecule has 0 aromatic heterocycles. The van der Waals surface area contributed by atoms with Crippen molar-refractivity contribution in [3.63, 3.8) is 0 Å². The predicted molar refractivity (Wildman–Crippen MR) is 72.5 cm³/mol. The van der Waals surface area contributed by atoms with Crippen LogP contribution in [0, 0.1) is 11.3 Å². The predicted octanol–water partition coefficient (Wildman–Crippen LogP) is 2.37. The number of esters is 1. The zero-order valence-electron chi connectivity index (χ0n) is 12.3. The summed E-state index contributed by atoms with van der Waals surface area (Å²) in [7, 11) is 0. The number of nitrogens with zero attached hydrogens (tertiary/aromatic N) is 1. The molecule has 0 radical (unpaired) electrons. The van der Waals surface area contributed by atoms with Gasteiger partial charge in [-0.2, -0.15) is 0 Å². The number of rotatable bonds is 3. The van der Waals surface area contributed by atoms with Crippen molar-refractivity contribution in [2.24, 2.45) is 11.3 Å². The Labute approximate surface area is 115 Å². The molecule has 0 spiro atoms. The first kappa shape index (κ1) is 14.4. The van der Waals surface area contributed by atoms with Gasteiger partial charge in [0.15, 0.2) is 0 Å². The zero-order chi connectivity index (χ0) is 14.0. The Morgan fingerprint density at radius 1 is 1.26 bits per heavy atom. The molecular weight excluding hydrogens is 242 g/mol. The van der Waals surface area contributed by atoms with E-state index in [9.17, 15) is 9.59 Å². The van der Waals surface area contributed by atoms with Crippen LogP contribution in [0.1, 0.15) is 52.9 Å². The van der Waals surface area contributed by atoms with Crippen LogP contribution in [0.2, 0.25) is 0 Å². The number of ether oxygens (including phenoxy) is 1. The summed E-state index contributed by atoms with van der Waals surface area (Å²) in [5.74, 6) is 0.00438. The van der Waals surface area contributed by atoms with E-state index in [0.29, 0.717) is 13.2 Å². The summed E-state index contributed by atoms with van der Waals surface area (Å²) >= 11 is 0. The van der Waals surface area contributed by atoms with E-state index in [1.807, 2.05) is 0 Å². The van der Waals surface area contributed by atoms with Crippen LogP contribution in [0.25, 0.3) is 0 Å². The Kier molecular flexibility index (Phi) is 4.16. The van der Waals surface area contributed by atoms with Crippen LogP contribution in [0.15, 0.2) is 0 Å². The van der Waals surface area contributed by atoms with Crippen LogP contribution in [-0.4, -0.2) is 36.0 Å². The third-order valence-corrected chi connectivity index (χ3v) is 4.65. The van der Waals surface area contributed by atoms with Crippen LogP contribution in [0.4, 0.5) is 0 Å². The first-order valence-corrected chi connectivity index (χ1v) is 7.44. The molecule has 4 heteroatoms. The van der Waals surface area contributed by atoms with Crippen molar-refractivity contribution >= 4 is 11.9 Å². The molecule has 1 amide bonds. The highest BCUT2D eigenvalue weighted by atomic mass is 16.5. The molecule has 108 valence electrons. The third kappa shape index (κ3) is 2.77. The van der Waals surface area contributed by atoms with Crippen molar-refractivity contribution in [2.45, 2.75) is 58.9 Å². The lowest BCUT2D eigenvalue weighted by molar-refractivity contribution is -0.155. The van der Waals surface area contributed by atoms with Gasteiger partial charge in [0.1, 0.15) is 6.04 Å². The molecule has 2 unspecified atom stereocenters. The summed E-state index contributed by atoms with van der Waals surface area (Å²) in [6.45, 7) is 7.22. The molecule has 0 N–H and O–H groups in total. The monoisotopic (exact) mass is 267 g/mol. The molecule has 1 saturated carbocycles. The van der Waals surface area contributed by atoms with E-state index in [0.717, 1.165) is 32.1 Å². The zero-order valence-corrected chi connectivity index (χ0v) is 12.3. The van der Waals surface area contributed by atoms with Gasteiger partial charge < -0.3 is 9.64 Å². The van der Waals surface area contributed by atoms with Gasteiger partial charge in [-0.15, -0.1) is 0 Å². The maximum absolute atomic E-state index is 12.7. The summed E-state index contributed by atoms with van der Waals surface area (Å²) in [5, 5.41) is 0. The normalized spacial score (nSPS) is 29.5. The lowest BCUT2D eigenvalue weighted by Crippen LogP contribution is -2.46. The number of amides is 1. The highest BCUT2D eigenvalue weighted by molar-refractivity contribution is 5.87. The molecule has 2 aliphatic rings. The Morgan fingerprint density at radius 3 is 2.58 bits per heavy atom. The van der Waals surface area contributed by atoms with Gasteiger partial charge in [-0.25, -0.2) is 4.79 Å². The Morgan fingerprint density at radius 2 is 2.00 bits per heavy atom. The fraction of sp³-hybridized carbons (Fsp3) is 0.867. The van der Waals surface area contributed by atoms with E-state index in [1.165, 1.54) is 0 Å². The summed E-state index contributed by atoms with van der Waals surface area (Å²) in [5.41, 5.74) is 0.0683. The summed E-state index contributed by atoms with van der Waals surface area (Å²) in [6, 6.07) is -0.344. The summed E-state index contributed by atoms with van der Waals surface area (Å²) in [4.78, 5) is 26.4. The van der Waals surface area contributed by atoms with Crippen LogP contribution >= 0.6 is 0 Å². The maximum atomic E-state index is 12.7. The molecule has 4 nitrogen and oxygen atoms in total. The second-order valence-electron chi connectivity index (χ2n) is 6.38. The van der Waals surface area contributed by atoms with Gasteiger partial charge in [0.05, 0.1) is 6.61 Å². The van der Waals surface area contributed by atoms with E-state index < -0.39 is 0 Å². The lowest BCUT2D eigenvalue weighted by atomic mass is 9.81. The first-order chi connectivity index (χ1) is 8.97. The summed E-state index contributed by atoms with van der Waals surface area (Å²) < 4.78 is 5.09. The average Bonchev–Trinajstić information content (AvgIpc) is 2.94. The molecule has 19 heavy (non-hydrogen) atoms. The molecule has 2 rings (SSSR count). The minimum atomic E-state index is -0.344. The Bertz CT molecular complexity index is 364. The fourth-order valence-electron chi connectivity index (χ4n) is 3.50. The number of hydrogen-bond acceptors (Lipinski definition) is 3. The van der Waals surface area contributed by atoms with Crippen molar-refractivity contribution < 1.29 is 14.3 Å². The molecule has 1 aliphatic heterocycles. The van der Waals surface area contributed by atoms with Gasteiger partial charge >= 0.3 is 5.97 Å². The minimum absolute atomic E-state index is 0.0683. The lowest BCUT2D eigenvalue weighted by Gasteiger charge is -2.32. The molecule has 2 atom stereocenters. The molecule has 0 aromatic carbocycles. The third-order valence-electron chi connectivity index (χ3n) is 4.65. The van der Waals surface area contributed by atoms with Gasteiger partial charge in [-0.05, 0) is 38.0 Å². The quantitative estimate of drug-likeness (QED) is 0.737. The second-order valence-corrected chi connectivity index (χ2v) is 6.38. The number of carbonyl (C=O) groups excluding carboxylic acids is 2. The van der Waals surface area contributed by atoms with E-state index in [2.05, 4.69) is 13.8 Å². The smallest absolute Gasteiger partial charge is 0.328 e. The van der Waals surface area contributed by atoms with Gasteiger partial charge in [0.2, 0.25) is 5.91 Å². The van der Waals surface area contributed by atoms with E-state index in [-0.39, 0.29) is 29.3 Å². The molecule has 1 saturated heterocycles. The Balaban J connectivity index is 2.07. The molecular formula is C15H25NO3. The molecule has 1 aliphatic carbocycles. The second kappa shape index (κ2) is 5.51. The van der Waals surface area contributed by atoms with Gasteiger partial charge in [0.25, 0.3) is 0 Å². The van der Waals surface area contributed by atoms with Crippen molar-refractivity contribution in [3.05, 3.63) is 0 Å². The fourth-order valence-corrected chi connectivity index (χ4v) is 3.50. The van der Waals surface area contributed by atoms with Crippen molar-refractivity contribution in [2.75, 3.05) is 13.2 Å². The minimum Gasteiger partial charge on any atom is -0.464 e. The number of carbonyl (C=O) groups is 2. The maximum Gasteiger partial charge on any atom is 0.328 e. The molecule has 0 bridgehead atoms. The van der Waals surface area contributed by atoms with Crippen LogP contribution in [0.3, 0.4) is 0 Å². The Hall–Kier alpha value is -1.06. The SMILES string of the molecule is CCOC(=O)C1CCCN1C(=O)C1CCCC1(C)C. The van der Waals surface area contributed by atoms with Gasteiger partial charge in [0, 0.05) is 12.5 Å². The van der Waals surface area contributed by atoms with Crippen molar-refractivity contribution in [1.29, 1.82) is 0 Å². The van der Waals surface area contributed by atoms with Crippen LogP contribution in [-0.2, 0) is 14.3 Å². The van der Waals surface area contributed by atoms with Gasteiger partial charge in [-0.3, -0.25) is 4.79 Å². The van der Waals surface area contributed by atoms with E-state index in [4.69, 9.17) is 4.74 Å². The topological polar surface area (TPSA) is 46.6 Å². The van der Waals surface area contributed by atoms with Crippen molar-refractivity contribution in [1.82, 2.24) is 4.90 Å². The largest absolute Gasteiger partial charge is 0.464 e. The van der Waals surface area contributed by atoms with Crippen molar-refractivity contribution in [3.8, 4) is 0 Å². The van der Waals surface area contributed by atoms with E-state index >= 15 is 0 Å². The van der Waals surface area contributed by atoms with Crippen LogP contribution < -0.4 is 0 Å². The molecule has 1 heterocycles. The average molecular weight is 267 g/mol. The highest BCUT2D eigenvalue weighted by Crippen LogP contribution is 2.44. The highest BCUT2D eigenvalue weighted by Gasteiger charge is 2.45. The molecule has 0 aromatic rings. The standard InChI is InChI=1S/C15H25NO3/c1-4-19-14(18)12-8-6-10-16(12)13(17)11-7-5-9-15(11,2)3/h11-12H,4-10H2,1-3H3. The first-order valence-electron chi connectivity index (χ1n) is 7.44. The number of likely N-dealkylation sites (tertiary alicyclic amines) is 1. The summed E-state index contributed by atoms with van der Waals surface area (Å²) in [6.07, 6.45) is 4.82. The van der Waals surface area contributed by atoms with Gasteiger partial charge in [-0.1, -0.05) is 20.3 Å². The molecule has 2 fully saturated rings. The van der Waals surface area contributed by atoms with E-state index in [1.54, 1.807) is 11.8 Å².